The molecule has 214 valence electrons. The molecule has 0 atom stereocenters. The number of fused-ring (bicyclic) bond motifs is 8. The molecule has 8 aromatic carbocycles. The number of hydrogen-bond acceptors (Lipinski definition) is 1. The first-order valence-corrected chi connectivity index (χ1v) is 15.8. The van der Waals surface area contributed by atoms with E-state index in [1.165, 1.54) is 54.5 Å². The van der Waals surface area contributed by atoms with E-state index in [0.29, 0.717) is 0 Å². The Kier molecular flexibility index (Phi) is 5.31. The van der Waals surface area contributed by atoms with E-state index >= 15 is 0 Å². The third kappa shape index (κ3) is 3.59. The zero-order valence-electron chi connectivity index (χ0n) is 24.9. The summed E-state index contributed by atoms with van der Waals surface area (Å²) in [6.07, 6.45) is 0. The molecule has 0 N–H and O–H groups in total. The van der Waals surface area contributed by atoms with Crippen LogP contribution in [0.2, 0.25) is 0 Å². The fraction of sp³-hybridized carbons (Fsp3) is 0. The number of benzene rings is 8. The van der Waals surface area contributed by atoms with Crippen molar-refractivity contribution in [2.45, 2.75) is 0 Å². The van der Waals surface area contributed by atoms with Gasteiger partial charge < -0.3 is 8.98 Å². The van der Waals surface area contributed by atoms with E-state index in [4.69, 9.17) is 4.42 Å². The zero-order valence-corrected chi connectivity index (χ0v) is 24.9. The molecule has 0 unspecified atom stereocenters. The Hall–Kier alpha value is -6.12. The van der Waals surface area contributed by atoms with E-state index in [-0.39, 0.29) is 0 Å². The van der Waals surface area contributed by atoms with Crippen molar-refractivity contribution < 1.29 is 4.42 Å². The van der Waals surface area contributed by atoms with Crippen LogP contribution in [0.15, 0.2) is 168 Å². The third-order valence-electron chi connectivity index (χ3n) is 9.55. The Balaban J connectivity index is 1.33. The van der Waals surface area contributed by atoms with Crippen molar-refractivity contribution >= 4 is 65.3 Å². The lowest BCUT2D eigenvalue weighted by molar-refractivity contribution is 0.670. The van der Waals surface area contributed by atoms with E-state index in [9.17, 15) is 0 Å². The SMILES string of the molecule is c1ccc(-n2c3ccccc3c3cc(-c4c5ccccc5c(-c5ccc6ccccc6c5)c5c4oc4ccccc45)ccc32)cc1. The summed E-state index contributed by atoms with van der Waals surface area (Å²) >= 11 is 0. The second kappa shape index (κ2) is 9.69. The first-order chi connectivity index (χ1) is 22.8. The molecule has 0 aliphatic heterocycles. The number of nitrogens with zero attached hydrogens (tertiary/aromatic N) is 1. The Morgan fingerprint density at radius 2 is 1.00 bits per heavy atom. The zero-order chi connectivity index (χ0) is 30.2. The molecular formula is C44H27NO. The minimum absolute atomic E-state index is 0.901. The summed E-state index contributed by atoms with van der Waals surface area (Å²) in [5.74, 6) is 0. The van der Waals surface area contributed by atoms with Gasteiger partial charge in [-0.2, -0.15) is 0 Å². The minimum atomic E-state index is 0.901. The van der Waals surface area contributed by atoms with Crippen molar-refractivity contribution in [3.8, 4) is 27.9 Å². The smallest absolute Gasteiger partial charge is 0.144 e. The second-order valence-corrected chi connectivity index (χ2v) is 12.1. The first kappa shape index (κ1) is 25.2. The van der Waals surface area contributed by atoms with Gasteiger partial charge in [0.15, 0.2) is 0 Å². The molecule has 46 heavy (non-hydrogen) atoms. The van der Waals surface area contributed by atoms with Crippen molar-refractivity contribution in [1.29, 1.82) is 0 Å². The average Bonchev–Trinajstić information content (AvgIpc) is 3.66. The highest BCUT2D eigenvalue weighted by atomic mass is 16.3. The molecule has 0 amide bonds. The molecule has 0 aliphatic rings. The largest absolute Gasteiger partial charge is 0.455 e. The number of rotatable bonds is 3. The highest BCUT2D eigenvalue weighted by Gasteiger charge is 2.23. The molecule has 2 heteroatoms. The summed E-state index contributed by atoms with van der Waals surface area (Å²) in [6, 6.07) is 58.9. The summed E-state index contributed by atoms with van der Waals surface area (Å²) in [7, 11) is 0. The van der Waals surface area contributed by atoms with E-state index in [0.717, 1.165) is 38.8 Å². The van der Waals surface area contributed by atoms with Crippen LogP contribution in [0.5, 0.6) is 0 Å². The van der Waals surface area contributed by atoms with Crippen molar-refractivity contribution in [2.24, 2.45) is 0 Å². The van der Waals surface area contributed by atoms with Gasteiger partial charge in [-0.25, -0.2) is 0 Å². The Morgan fingerprint density at radius 3 is 1.85 bits per heavy atom. The molecule has 0 aliphatic carbocycles. The molecule has 2 nitrogen and oxygen atoms in total. The molecule has 0 bridgehead atoms. The lowest BCUT2D eigenvalue weighted by atomic mass is 9.87. The normalized spacial score (nSPS) is 11.9. The lowest BCUT2D eigenvalue weighted by Crippen LogP contribution is -1.93. The average molecular weight is 586 g/mol. The number of para-hydroxylation sites is 3. The van der Waals surface area contributed by atoms with Crippen LogP contribution in [0.1, 0.15) is 0 Å². The Labute approximate surface area is 265 Å². The number of aromatic nitrogens is 1. The summed E-state index contributed by atoms with van der Waals surface area (Å²) < 4.78 is 9.23. The van der Waals surface area contributed by atoms with Gasteiger partial charge in [0.25, 0.3) is 0 Å². The van der Waals surface area contributed by atoms with Crippen molar-refractivity contribution in [1.82, 2.24) is 4.57 Å². The van der Waals surface area contributed by atoms with Crippen LogP contribution in [-0.4, -0.2) is 4.57 Å². The van der Waals surface area contributed by atoms with E-state index in [1.54, 1.807) is 0 Å². The molecule has 10 aromatic rings. The van der Waals surface area contributed by atoms with Crippen molar-refractivity contribution in [3.63, 3.8) is 0 Å². The summed E-state index contributed by atoms with van der Waals surface area (Å²) in [5.41, 5.74) is 10.1. The quantitative estimate of drug-likeness (QED) is 0.202. The van der Waals surface area contributed by atoms with Crippen molar-refractivity contribution in [3.05, 3.63) is 164 Å². The second-order valence-electron chi connectivity index (χ2n) is 12.1. The van der Waals surface area contributed by atoms with Crippen LogP contribution in [0.4, 0.5) is 0 Å². The van der Waals surface area contributed by atoms with Crippen molar-refractivity contribution in [2.75, 3.05) is 0 Å². The molecule has 2 heterocycles. The van der Waals surface area contributed by atoms with Crippen LogP contribution < -0.4 is 0 Å². The van der Waals surface area contributed by atoms with Crippen LogP contribution in [-0.2, 0) is 0 Å². The molecule has 0 fully saturated rings. The van der Waals surface area contributed by atoms with Gasteiger partial charge in [-0.15, -0.1) is 0 Å². The van der Waals surface area contributed by atoms with Gasteiger partial charge in [-0.1, -0.05) is 121 Å². The predicted molar refractivity (Wildman–Crippen MR) is 194 cm³/mol. The Bertz CT molecular complexity index is 2800. The molecule has 0 saturated carbocycles. The highest BCUT2D eigenvalue weighted by Crippen LogP contribution is 2.48. The van der Waals surface area contributed by atoms with Crippen LogP contribution >= 0.6 is 0 Å². The fourth-order valence-corrected chi connectivity index (χ4v) is 7.56. The Morgan fingerprint density at radius 1 is 0.391 bits per heavy atom. The molecule has 0 spiro atoms. The van der Waals surface area contributed by atoms with Crippen LogP contribution in [0, 0.1) is 0 Å². The topological polar surface area (TPSA) is 18.1 Å². The van der Waals surface area contributed by atoms with E-state index in [2.05, 4.69) is 168 Å². The fourth-order valence-electron chi connectivity index (χ4n) is 7.56. The van der Waals surface area contributed by atoms with Gasteiger partial charge >= 0.3 is 0 Å². The summed E-state index contributed by atoms with van der Waals surface area (Å²) in [5, 5.41) is 9.63. The van der Waals surface area contributed by atoms with Gasteiger partial charge in [-0.3, -0.25) is 0 Å². The lowest BCUT2D eigenvalue weighted by Gasteiger charge is -2.15. The maximum atomic E-state index is 6.86. The molecule has 0 saturated heterocycles. The van der Waals surface area contributed by atoms with Gasteiger partial charge in [0.2, 0.25) is 0 Å². The maximum absolute atomic E-state index is 6.86. The van der Waals surface area contributed by atoms with Gasteiger partial charge in [0.05, 0.1) is 11.0 Å². The predicted octanol–water partition coefficient (Wildman–Crippen LogP) is 12.3. The summed E-state index contributed by atoms with van der Waals surface area (Å²) in [4.78, 5) is 0. The van der Waals surface area contributed by atoms with Crippen LogP contribution in [0.25, 0.3) is 93.2 Å². The van der Waals surface area contributed by atoms with Gasteiger partial charge in [-0.05, 0) is 75.1 Å². The first-order valence-electron chi connectivity index (χ1n) is 15.8. The maximum Gasteiger partial charge on any atom is 0.144 e. The molecular weight excluding hydrogens is 558 g/mol. The van der Waals surface area contributed by atoms with Gasteiger partial charge in [0.1, 0.15) is 11.2 Å². The van der Waals surface area contributed by atoms with E-state index in [1.807, 2.05) is 0 Å². The van der Waals surface area contributed by atoms with E-state index < -0.39 is 0 Å². The summed E-state index contributed by atoms with van der Waals surface area (Å²) in [6.45, 7) is 0. The molecule has 2 aromatic heterocycles. The molecule has 0 radical (unpaired) electrons. The van der Waals surface area contributed by atoms with Gasteiger partial charge in [0, 0.05) is 38.4 Å². The minimum Gasteiger partial charge on any atom is -0.455 e. The van der Waals surface area contributed by atoms with Crippen LogP contribution in [0.3, 0.4) is 0 Å². The highest BCUT2D eigenvalue weighted by molar-refractivity contribution is 6.27. The number of hydrogen-bond donors (Lipinski definition) is 0. The molecule has 10 rings (SSSR count). The monoisotopic (exact) mass is 585 g/mol. The third-order valence-corrected chi connectivity index (χ3v) is 9.55. The number of furan rings is 1. The standard InChI is InChI=1S/C44H27NO/c1-2-14-32(15-3-1)45-38-20-10-8-16-33(38)37-27-31(24-25-39(37)45)42-35-18-7-6-17-34(35)41(30-23-22-28-12-4-5-13-29(28)26-30)43-36-19-9-11-21-40(36)46-44(42)43/h1-27H.